The Balaban J connectivity index is 2.30. The molecule has 1 aromatic rings. The van der Waals surface area contributed by atoms with Crippen molar-refractivity contribution >= 4 is 28.5 Å². The zero-order valence-corrected chi connectivity index (χ0v) is 8.66. The summed E-state index contributed by atoms with van der Waals surface area (Å²) in [5, 5.41) is 8.08. The van der Waals surface area contributed by atoms with Crippen LogP contribution in [0, 0.1) is 0 Å². The molecule has 1 aromatic heterocycles. The van der Waals surface area contributed by atoms with Crippen molar-refractivity contribution in [2.24, 2.45) is 5.73 Å². The molecule has 1 atom stereocenters. The van der Waals surface area contributed by atoms with E-state index in [0.717, 1.165) is 23.7 Å². The van der Waals surface area contributed by atoms with Crippen molar-refractivity contribution in [3.8, 4) is 0 Å². The van der Waals surface area contributed by atoms with Gasteiger partial charge in [-0.2, -0.15) is 11.3 Å². The lowest BCUT2D eigenvalue weighted by Crippen LogP contribution is -2.37. The highest BCUT2D eigenvalue weighted by Crippen LogP contribution is 2.28. The fourth-order valence-electron chi connectivity index (χ4n) is 1.45. The molecule has 4 heteroatoms. The summed E-state index contributed by atoms with van der Waals surface area (Å²) < 4.78 is 0. The molecule has 0 aromatic carbocycles. The highest BCUT2D eigenvalue weighted by atomic mass is 35.5. The van der Waals surface area contributed by atoms with Gasteiger partial charge < -0.3 is 11.1 Å². The van der Waals surface area contributed by atoms with Gasteiger partial charge in [0.05, 0.1) is 5.02 Å². The second-order valence-corrected chi connectivity index (χ2v) is 4.27. The maximum Gasteiger partial charge on any atom is 0.0588 e. The smallest absolute Gasteiger partial charge is 0.0588 e. The first kappa shape index (κ1) is 9.21. The molecule has 1 aliphatic heterocycles. The van der Waals surface area contributed by atoms with Gasteiger partial charge in [-0.25, -0.2) is 0 Å². The molecule has 70 valence electrons. The molecule has 2 nitrogen and oxygen atoms in total. The molecule has 0 radical (unpaired) electrons. The van der Waals surface area contributed by atoms with Crippen molar-refractivity contribution in [1.82, 2.24) is 5.32 Å². The number of hydrogen-bond donors (Lipinski definition) is 2. The van der Waals surface area contributed by atoms with E-state index in [2.05, 4.69) is 16.8 Å². The average molecular weight is 215 g/mol. The Morgan fingerprint density at radius 1 is 1.54 bits per heavy atom. The van der Waals surface area contributed by atoms with Crippen LogP contribution in [-0.2, 0) is 0 Å². The molecule has 0 saturated carbocycles. The number of halogens is 1. The molecule has 3 N–H and O–H groups in total. The van der Waals surface area contributed by atoms with Gasteiger partial charge in [0, 0.05) is 30.1 Å². The molecule has 13 heavy (non-hydrogen) atoms. The van der Waals surface area contributed by atoms with Gasteiger partial charge >= 0.3 is 0 Å². The Morgan fingerprint density at radius 2 is 2.38 bits per heavy atom. The lowest BCUT2D eigenvalue weighted by molar-refractivity contribution is 0.663. The van der Waals surface area contributed by atoms with Crippen LogP contribution in [0.3, 0.4) is 0 Å². The van der Waals surface area contributed by atoms with Crippen molar-refractivity contribution in [1.29, 1.82) is 0 Å². The van der Waals surface area contributed by atoms with Gasteiger partial charge in [-0.15, -0.1) is 0 Å². The Labute approximate surface area is 86.4 Å². The summed E-state index contributed by atoms with van der Waals surface area (Å²) >= 11 is 7.64. The van der Waals surface area contributed by atoms with Gasteiger partial charge in [0.15, 0.2) is 0 Å². The molecule has 0 fully saturated rings. The minimum Gasteiger partial charge on any atom is -0.323 e. The van der Waals surface area contributed by atoms with E-state index >= 15 is 0 Å². The average Bonchev–Trinajstić information content (AvgIpc) is 2.51. The highest BCUT2D eigenvalue weighted by Gasteiger charge is 2.13. The van der Waals surface area contributed by atoms with Crippen LogP contribution in [0.4, 0.5) is 0 Å². The standard InChI is InChI=1S/C9H11ClN2S/c10-9-5-13-4-8(9)6-1-7(11)3-12-2-6/h1,4-5,7,12H,2-3,11H2. The maximum atomic E-state index is 6.02. The first-order valence-corrected chi connectivity index (χ1v) is 5.48. The number of nitrogens with one attached hydrogen (secondary N) is 1. The predicted molar refractivity (Wildman–Crippen MR) is 58.2 cm³/mol. The van der Waals surface area contributed by atoms with Gasteiger partial charge in [0.2, 0.25) is 0 Å². The molecule has 0 amide bonds. The van der Waals surface area contributed by atoms with Crippen LogP contribution in [0.15, 0.2) is 16.8 Å². The highest BCUT2D eigenvalue weighted by molar-refractivity contribution is 7.08. The fraction of sp³-hybridized carbons (Fsp3) is 0.333. The van der Waals surface area contributed by atoms with E-state index in [1.54, 1.807) is 11.3 Å². The molecular formula is C9H11ClN2S. The van der Waals surface area contributed by atoms with Gasteiger partial charge in [-0.3, -0.25) is 0 Å². The summed E-state index contributed by atoms with van der Waals surface area (Å²) in [6.07, 6.45) is 2.09. The normalized spacial score (nSPS) is 22.9. The van der Waals surface area contributed by atoms with Gasteiger partial charge in [-0.1, -0.05) is 17.7 Å². The lowest BCUT2D eigenvalue weighted by atomic mass is 10.0. The molecule has 1 unspecified atom stereocenters. The van der Waals surface area contributed by atoms with Crippen LogP contribution in [-0.4, -0.2) is 19.1 Å². The van der Waals surface area contributed by atoms with Crippen molar-refractivity contribution < 1.29 is 0 Å². The van der Waals surface area contributed by atoms with Crippen LogP contribution < -0.4 is 11.1 Å². The molecule has 0 aliphatic carbocycles. The fourth-order valence-corrected chi connectivity index (χ4v) is 2.57. The zero-order valence-electron chi connectivity index (χ0n) is 7.09. The van der Waals surface area contributed by atoms with Crippen molar-refractivity contribution in [3.05, 3.63) is 27.4 Å². The van der Waals surface area contributed by atoms with Crippen molar-refractivity contribution in [3.63, 3.8) is 0 Å². The molecule has 0 spiro atoms. The maximum absolute atomic E-state index is 6.02. The zero-order chi connectivity index (χ0) is 9.26. The van der Waals surface area contributed by atoms with E-state index < -0.39 is 0 Å². The van der Waals surface area contributed by atoms with E-state index in [1.807, 2.05) is 5.38 Å². The Kier molecular flexibility index (Phi) is 2.69. The van der Waals surface area contributed by atoms with Crippen LogP contribution >= 0.6 is 22.9 Å². The Bertz CT molecular complexity index is 332. The monoisotopic (exact) mass is 214 g/mol. The largest absolute Gasteiger partial charge is 0.323 e. The summed E-state index contributed by atoms with van der Waals surface area (Å²) in [6, 6.07) is 0.111. The third kappa shape index (κ3) is 1.94. The van der Waals surface area contributed by atoms with Crippen LogP contribution in [0.1, 0.15) is 5.56 Å². The minimum atomic E-state index is 0.111. The van der Waals surface area contributed by atoms with Crippen LogP contribution in [0.5, 0.6) is 0 Å². The third-order valence-electron chi connectivity index (χ3n) is 2.07. The number of hydrogen-bond acceptors (Lipinski definition) is 3. The van der Waals surface area contributed by atoms with Gasteiger partial charge in [0.25, 0.3) is 0 Å². The van der Waals surface area contributed by atoms with Crippen molar-refractivity contribution in [2.75, 3.05) is 13.1 Å². The molecule has 0 saturated heterocycles. The number of thiophene rings is 1. The molecule has 0 bridgehead atoms. The SMILES string of the molecule is NC1C=C(c2cscc2Cl)CNC1. The van der Waals surface area contributed by atoms with Gasteiger partial charge in [0.1, 0.15) is 0 Å². The second-order valence-electron chi connectivity index (χ2n) is 3.12. The van der Waals surface area contributed by atoms with E-state index in [-0.39, 0.29) is 6.04 Å². The quantitative estimate of drug-likeness (QED) is 0.747. The van der Waals surface area contributed by atoms with E-state index in [9.17, 15) is 0 Å². The van der Waals surface area contributed by atoms with Gasteiger partial charge in [-0.05, 0) is 11.0 Å². The summed E-state index contributed by atoms with van der Waals surface area (Å²) in [7, 11) is 0. The van der Waals surface area contributed by atoms with E-state index in [1.165, 1.54) is 5.57 Å². The van der Waals surface area contributed by atoms with E-state index in [0.29, 0.717) is 0 Å². The third-order valence-corrected chi connectivity index (χ3v) is 3.26. The minimum absolute atomic E-state index is 0.111. The lowest BCUT2D eigenvalue weighted by Gasteiger charge is -2.18. The Hall–Kier alpha value is -0.350. The first-order chi connectivity index (χ1) is 6.27. The predicted octanol–water partition coefficient (Wildman–Crippen LogP) is 1.72. The summed E-state index contributed by atoms with van der Waals surface area (Å²) in [4.78, 5) is 0. The summed E-state index contributed by atoms with van der Waals surface area (Å²) in [5.41, 5.74) is 8.14. The van der Waals surface area contributed by atoms with Crippen LogP contribution in [0.25, 0.3) is 5.57 Å². The number of nitrogens with two attached hydrogens (primary N) is 1. The molecule has 1 aliphatic rings. The summed E-state index contributed by atoms with van der Waals surface area (Å²) in [6.45, 7) is 1.72. The topological polar surface area (TPSA) is 38.0 Å². The summed E-state index contributed by atoms with van der Waals surface area (Å²) in [5.74, 6) is 0. The Morgan fingerprint density at radius 3 is 3.00 bits per heavy atom. The van der Waals surface area contributed by atoms with E-state index in [4.69, 9.17) is 17.3 Å². The van der Waals surface area contributed by atoms with Crippen LogP contribution in [0.2, 0.25) is 5.02 Å². The second kappa shape index (κ2) is 3.80. The van der Waals surface area contributed by atoms with Crippen molar-refractivity contribution in [2.45, 2.75) is 6.04 Å². The number of rotatable bonds is 1. The molecular weight excluding hydrogens is 204 g/mol. The first-order valence-electron chi connectivity index (χ1n) is 4.16. The molecule has 2 rings (SSSR count). The molecule has 2 heterocycles.